The van der Waals surface area contributed by atoms with E-state index >= 15 is 0 Å². The summed E-state index contributed by atoms with van der Waals surface area (Å²) >= 11 is 0. The number of carbonyl (C=O) groups excluding carboxylic acids is 3. The molecule has 0 saturated heterocycles. The third-order valence-corrected chi connectivity index (χ3v) is 1.66. The second-order valence-corrected chi connectivity index (χ2v) is 3.37. The summed E-state index contributed by atoms with van der Waals surface area (Å²) in [5.74, 6) is -1.49. The molecule has 0 aromatic heterocycles. The van der Waals surface area contributed by atoms with Crippen molar-refractivity contribution in [3.05, 3.63) is 11.8 Å². The Balaban J connectivity index is 4.53. The quantitative estimate of drug-likeness (QED) is 0.407. The molecule has 0 heterocycles. The maximum absolute atomic E-state index is 10.8. The molecule has 1 unspecified atom stereocenters. The van der Waals surface area contributed by atoms with Gasteiger partial charge in [0.2, 0.25) is 0 Å². The molecule has 0 amide bonds. The lowest BCUT2D eigenvalue weighted by Gasteiger charge is -2.16. The molecule has 0 fully saturated rings. The van der Waals surface area contributed by atoms with E-state index in [1.807, 2.05) is 0 Å². The summed E-state index contributed by atoms with van der Waals surface area (Å²) in [7, 11) is 0. The monoisotopic (exact) mass is 244 g/mol. The molecule has 0 aromatic carbocycles. The van der Waals surface area contributed by atoms with E-state index in [2.05, 4.69) is 4.74 Å². The van der Waals surface area contributed by atoms with Gasteiger partial charge in [-0.05, 0) is 6.92 Å². The molecule has 0 aliphatic rings. The number of rotatable bonds is 5. The normalized spacial score (nSPS) is 12.6. The zero-order chi connectivity index (χ0) is 13.4. The Labute approximate surface area is 99.5 Å². The highest BCUT2D eigenvalue weighted by molar-refractivity contribution is 5.68. The maximum Gasteiger partial charge on any atom is 0.307 e. The van der Waals surface area contributed by atoms with Crippen LogP contribution in [0.25, 0.3) is 0 Å². The van der Waals surface area contributed by atoms with Gasteiger partial charge in [0.1, 0.15) is 6.61 Å². The number of ether oxygens (including phenoxy) is 3. The smallest absolute Gasteiger partial charge is 0.307 e. The average Bonchev–Trinajstić information content (AvgIpc) is 2.19. The van der Waals surface area contributed by atoms with Gasteiger partial charge in [-0.1, -0.05) is 0 Å². The van der Waals surface area contributed by atoms with Gasteiger partial charge in [0.15, 0.2) is 6.10 Å². The first-order valence-electron chi connectivity index (χ1n) is 4.97. The highest BCUT2D eigenvalue weighted by Crippen LogP contribution is 2.08. The van der Waals surface area contributed by atoms with Crippen LogP contribution < -0.4 is 0 Å². The fourth-order valence-electron chi connectivity index (χ4n) is 0.904. The van der Waals surface area contributed by atoms with Gasteiger partial charge in [-0.15, -0.1) is 0 Å². The molecular formula is C11H16O6. The van der Waals surface area contributed by atoms with Crippen LogP contribution in [0.2, 0.25) is 0 Å². The van der Waals surface area contributed by atoms with Crippen molar-refractivity contribution in [1.82, 2.24) is 0 Å². The third kappa shape index (κ3) is 8.01. The molecule has 0 radical (unpaired) electrons. The number of esters is 3. The van der Waals surface area contributed by atoms with Gasteiger partial charge < -0.3 is 14.2 Å². The van der Waals surface area contributed by atoms with Gasteiger partial charge in [0.05, 0.1) is 6.26 Å². The lowest BCUT2D eigenvalue weighted by molar-refractivity contribution is -0.154. The van der Waals surface area contributed by atoms with E-state index in [9.17, 15) is 14.4 Å². The first kappa shape index (κ1) is 15.2. The highest BCUT2D eigenvalue weighted by Gasteiger charge is 2.16. The van der Waals surface area contributed by atoms with Crippen molar-refractivity contribution in [3.63, 3.8) is 0 Å². The molecule has 0 bridgehead atoms. The summed E-state index contributed by atoms with van der Waals surface area (Å²) in [6.45, 7) is 5.21. The summed E-state index contributed by atoms with van der Waals surface area (Å²) in [5, 5.41) is 0. The van der Waals surface area contributed by atoms with Gasteiger partial charge in [-0.25, -0.2) is 0 Å². The lowest BCUT2D eigenvalue weighted by Crippen LogP contribution is -2.25. The van der Waals surface area contributed by atoms with Crippen LogP contribution in [0.3, 0.4) is 0 Å². The summed E-state index contributed by atoms with van der Waals surface area (Å²) < 4.78 is 14.3. The first-order chi connectivity index (χ1) is 7.82. The minimum Gasteiger partial charge on any atom is -0.462 e. The lowest BCUT2D eigenvalue weighted by atomic mass is 10.2. The second kappa shape index (κ2) is 7.43. The summed E-state index contributed by atoms with van der Waals surface area (Å²) in [6.07, 6.45) is 0.412. The Morgan fingerprint density at radius 2 is 1.59 bits per heavy atom. The largest absolute Gasteiger partial charge is 0.462 e. The predicted octanol–water partition coefficient (Wildman–Crippen LogP) is 0.948. The fourth-order valence-corrected chi connectivity index (χ4v) is 0.904. The molecule has 0 spiro atoms. The summed E-state index contributed by atoms with van der Waals surface area (Å²) in [6, 6.07) is 0. The molecule has 1 atom stereocenters. The van der Waals surface area contributed by atoms with Gasteiger partial charge in [0.25, 0.3) is 0 Å². The Kier molecular flexibility index (Phi) is 6.62. The summed E-state index contributed by atoms with van der Waals surface area (Å²) in [4.78, 5) is 32.1. The van der Waals surface area contributed by atoms with Crippen LogP contribution in [0.5, 0.6) is 0 Å². The number of hydrogen-bond donors (Lipinski definition) is 0. The SMILES string of the molecule is CC(=O)OC=C(C)C(COC(C)=O)OC(C)=O. The summed E-state index contributed by atoms with van der Waals surface area (Å²) in [5.41, 5.74) is 0.469. The van der Waals surface area contributed by atoms with Crippen molar-refractivity contribution in [3.8, 4) is 0 Å². The molecular weight excluding hydrogens is 228 g/mol. The Morgan fingerprint density at radius 1 is 1.00 bits per heavy atom. The van der Waals surface area contributed by atoms with E-state index in [1.165, 1.54) is 27.0 Å². The molecule has 0 aliphatic heterocycles. The van der Waals surface area contributed by atoms with Crippen LogP contribution in [0.15, 0.2) is 11.8 Å². The zero-order valence-corrected chi connectivity index (χ0v) is 10.3. The number of carbonyl (C=O) groups is 3. The minimum atomic E-state index is -0.754. The van der Waals surface area contributed by atoms with Crippen LogP contribution in [-0.4, -0.2) is 30.6 Å². The fraction of sp³-hybridized carbons (Fsp3) is 0.545. The molecule has 96 valence electrons. The van der Waals surface area contributed by atoms with E-state index in [1.54, 1.807) is 6.92 Å². The van der Waals surface area contributed by atoms with Crippen LogP contribution in [0.1, 0.15) is 27.7 Å². The van der Waals surface area contributed by atoms with Crippen LogP contribution in [0.4, 0.5) is 0 Å². The van der Waals surface area contributed by atoms with Crippen molar-refractivity contribution < 1.29 is 28.6 Å². The molecule has 6 heteroatoms. The highest BCUT2D eigenvalue weighted by atomic mass is 16.6. The van der Waals surface area contributed by atoms with E-state index in [-0.39, 0.29) is 6.61 Å². The van der Waals surface area contributed by atoms with Crippen molar-refractivity contribution in [2.75, 3.05) is 6.61 Å². The van der Waals surface area contributed by atoms with E-state index in [0.29, 0.717) is 5.57 Å². The minimum absolute atomic E-state index is 0.113. The van der Waals surface area contributed by atoms with E-state index in [4.69, 9.17) is 9.47 Å². The van der Waals surface area contributed by atoms with Gasteiger partial charge >= 0.3 is 17.9 Å². The molecule has 0 N–H and O–H groups in total. The second-order valence-electron chi connectivity index (χ2n) is 3.37. The van der Waals surface area contributed by atoms with Gasteiger partial charge in [-0.3, -0.25) is 14.4 Å². The molecule has 0 aliphatic carbocycles. The Morgan fingerprint density at radius 3 is 2.00 bits per heavy atom. The molecule has 6 nitrogen and oxygen atoms in total. The van der Waals surface area contributed by atoms with Crippen LogP contribution in [0, 0.1) is 0 Å². The van der Waals surface area contributed by atoms with E-state index in [0.717, 1.165) is 0 Å². The topological polar surface area (TPSA) is 78.9 Å². The Bertz CT molecular complexity index is 331. The molecule has 0 saturated carbocycles. The third-order valence-electron chi connectivity index (χ3n) is 1.66. The zero-order valence-electron chi connectivity index (χ0n) is 10.3. The standard InChI is InChI=1S/C11H16O6/c1-7(5-15-8(2)12)11(17-10(4)14)6-16-9(3)13/h5,11H,6H2,1-4H3. The molecule has 17 heavy (non-hydrogen) atoms. The van der Waals surface area contributed by atoms with Crippen LogP contribution in [-0.2, 0) is 28.6 Å². The van der Waals surface area contributed by atoms with Gasteiger partial charge in [-0.2, -0.15) is 0 Å². The predicted molar refractivity (Wildman–Crippen MR) is 57.7 cm³/mol. The maximum atomic E-state index is 10.8. The Hall–Kier alpha value is -1.85. The number of hydrogen-bond acceptors (Lipinski definition) is 6. The molecule has 0 rings (SSSR count). The van der Waals surface area contributed by atoms with Crippen molar-refractivity contribution in [1.29, 1.82) is 0 Å². The molecule has 0 aromatic rings. The average molecular weight is 244 g/mol. The first-order valence-corrected chi connectivity index (χ1v) is 4.97. The van der Waals surface area contributed by atoms with Crippen molar-refractivity contribution in [2.45, 2.75) is 33.8 Å². The van der Waals surface area contributed by atoms with Crippen molar-refractivity contribution in [2.24, 2.45) is 0 Å². The van der Waals surface area contributed by atoms with Crippen molar-refractivity contribution >= 4 is 17.9 Å². The van der Waals surface area contributed by atoms with Crippen LogP contribution >= 0.6 is 0 Å². The van der Waals surface area contributed by atoms with E-state index < -0.39 is 24.0 Å². The van der Waals surface area contributed by atoms with Gasteiger partial charge in [0, 0.05) is 26.3 Å².